The van der Waals surface area contributed by atoms with Crippen LogP contribution in [0.1, 0.15) is 11.6 Å². The molecular weight excluding hydrogens is 328 g/mol. The number of carbonyl (C=O) groups excluding carboxylic acids is 1. The van der Waals surface area contributed by atoms with Crippen molar-refractivity contribution >= 4 is 34.9 Å². The Morgan fingerprint density at radius 1 is 1.45 bits per heavy atom. The fraction of sp³-hybridized carbons (Fsp3) is 0.286. The fourth-order valence-corrected chi connectivity index (χ4v) is 2.77. The predicted octanol–water partition coefficient (Wildman–Crippen LogP) is 1.88. The van der Waals surface area contributed by atoms with Crippen LogP contribution in [-0.4, -0.2) is 30.4 Å². The second-order valence-corrected chi connectivity index (χ2v) is 5.47. The zero-order chi connectivity index (χ0) is 16.4. The molecule has 2 unspecified atom stereocenters. The molecular formula is C14H15ClN2O4S. The van der Waals surface area contributed by atoms with Crippen LogP contribution in [0.2, 0.25) is 5.02 Å². The van der Waals surface area contributed by atoms with Crippen LogP contribution in [-0.2, 0) is 9.53 Å². The van der Waals surface area contributed by atoms with Crippen LogP contribution in [0.5, 0.6) is 11.5 Å². The SMILES string of the molecule is C=C1NC(=S)NC(c2cc(Cl)c(O)c(OC)c2)C1C(=O)OC. The van der Waals surface area contributed by atoms with Gasteiger partial charge in [-0.3, -0.25) is 4.79 Å². The predicted molar refractivity (Wildman–Crippen MR) is 85.9 cm³/mol. The molecule has 0 spiro atoms. The molecule has 1 fully saturated rings. The summed E-state index contributed by atoms with van der Waals surface area (Å²) >= 11 is 11.1. The van der Waals surface area contributed by atoms with Gasteiger partial charge in [0.15, 0.2) is 16.6 Å². The zero-order valence-electron chi connectivity index (χ0n) is 12.0. The third-order valence-electron chi connectivity index (χ3n) is 3.35. The lowest BCUT2D eigenvalue weighted by Crippen LogP contribution is -2.50. The minimum absolute atomic E-state index is 0.106. The fourth-order valence-electron chi connectivity index (χ4n) is 2.30. The number of methoxy groups -OCH3 is 2. The van der Waals surface area contributed by atoms with Gasteiger partial charge >= 0.3 is 5.97 Å². The smallest absolute Gasteiger partial charge is 0.317 e. The number of hydrogen-bond donors (Lipinski definition) is 3. The molecule has 2 atom stereocenters. The van der Waals surface area contributed by atoms with E-state index >= 15 is 0 Å². The van der Waals surface area contributed by atoms with E-state index in [2.05, 4.69) is 17.2 Å². The average Bonchev–Trinajstić information content (AvgIpc) is 2.48. The number of thiocarbonyl (C=S) groups is 1. The minimum atomic E-state index is -0.706. The number of esters is 1. The number of carbonyl (C=O) groups is 1. The highest BCUT2D eigenvalue weighted by Gasteiger charge is 2.38. The van der Waals surface area contributed by atoms with Crippen molar-refractivity contribution in [1.82, 2.24) is 10.6 Å². The summed E-state index contributed by atoms with van der Waals surface area (Å²) in [6, 6.07) is 2.57. The van der Waals surface area contributed by atoms with Crippen molar-refractivity contribution in [3.63, 3.8) is 0 Å². The van der Waals surface area contributed by atoms with Gasteiger partial charge in [-0.25, -0.2) is 0 Å². The summed E-state index contributed by atoms with van der Waals surface area (Å²) in [4.78, 5) is 12.1. The van der Waals surface area contributed by atoms with E-state index in [1.165, 1.54) is 20.3 Å². The van der Waals surface area contributed by atoms with Gasteiger partial charge in [0.25, 0.3) is 0 Å². The maximum Gasteiger partial charge on any atom is 0.317 e. The molecule has 1 aliphatic heterocycles. The monoisotopic (exact) mass is 342 g/mol. The molecule has 3 N–H and O–H groups in total. The first-order valence-corrected chi connectivity index (χ1v) is 7.08. The molecule has 0 aromatic heterocycles. The molecule has 1 aromatic carbocycles. The Balaban J connectivity index is 2.51. The molecule has 0 aliphatic carbocycles. The van der Waals surface area contributed by atoms with Crippen LogP contribution in [0.15, 0.2) is 24.4 Å². The first kappa shape index (κ1) is 16.4. The second kappa shape index (κ2) is 6.41. The Kier molecular flexibility index (Phi) is 4.77. The van der Waals surface area contributed by atoms with Crippen LogP contribution >= 0.6 is 23.8 Å². The Morgan fingerprint density at radius 2 is 2.14 bits per heavy atom. The highest BCUT2D eigenvalue weighted by atomic mass is 35.5. The molecule has 0 amide bonds. The van der Waals surface area contributed by atoms with Crippen LogP contribution in [0, 0.1) is 5.92 Å². The largest absolute Gasteiger partial charge is 0.503 e. The topological polar surface area (TPSA) is 79.8 Å². The van der Waals surface area contributed by atoms with Gasteiger partial charge in [-0.2, -0.15) is 0 Å². The van der Waals surface area contributed by atoms with Crippen LogP contribution < -0.4 is 15.4 Å². The maximum absolute atomic E-state index is 12.1. The van der Waals surface area contributed by atoms with Crippen molar-refractivity contribution in [1.29, 1.82) is 0 Å². The highest BCUT2D eigenvalue weighted by molar-refractivity contribution is 7.80. The van der Waals surface area contributed by atoms with Gasteiger partial charge in [0, 0.05) is 5.70 Å². The molecule has 1 aliphatic rings. The minimum Gasteiger partial charge on any atom is -0.503 e. The number of rotatable bonds is 3. The van der Waals surface area contributed by atoms with Gasteiger partial charge in [0.05, 0.1) is 25.3 Å². The quantitative estimate of drug-likeness (QED) is 0.571. The summed E-state index contributed by atoms with van der Waals surface area (Å²) in [6.07, 6.45) is 0. The van der Waals surface area contributed by atoms with Gasteiger partial charge in [-0.05, 0) is 29.9 Å². The third-order valence-corrected chi connectivity index (χ3v) is 3.86. The van der Waals surface area contributed by atoms with Crippen molar-refractivity contribution < 1.29 is 19.4 Å². The summed E-state index contributed by atoms with van der Waals surface area (Å²) in [6.45, 7) is 3.82. The van der Waals surface area contributed by atoms with Crippen molar-refractivity contribution in [2.45, 2.75) is 6.04 Å². The number of aromatic hydroxyl groups is 1. The maximum atomic E-state index is 12.1. The first-order valence-electron chi connectivity index (χ1n) is 6.29. The number of hydrogen-bond acceptors (Lipinski definition) is 5. The summed E-state index contributed by atoms with van der Waals surface area (Å²) in [7, 11) is 2.70. The van der Waals surface area contributed by atoms with Crippen LogP contribution in [0.25, 0.3) is 0 Å². The van der Waals surface area contributed by atoms with E-state index in [0.717, 1.165) is 0 Å². The summed E-state index contributed by atoms with van der Waals surface area (Å²) in [5.41, 5.74) is 1.03. The lowest BCUT2D eigenvalue weighted by Gasteiger charge is -2.34. The Bertz CT molecular complexity index is 650. The normalized spacial score (nSPS) is 20.9. The van der Waals surface area contributed by atoms with Crippen molar-refractivity contribution in [3.05, 3.63) is 35.0 Å². The number of ether oxygens (including phenoxy) is 2. The van der Waals surface area contributed by atoms with E-state index in [1.54, 1.807) is 6.07 Å². The standard InChI is InChI=1S/C14H15ClN2O4S/c1-6-10(13(19)21-3)11(17-14(22)16-6)7-4-8(15)12(18)9(5-7)20-2/h4-5,10-11,18H,1H2,2-3H3,(H2,16,17,22). The van der Waals surface area contributed by atoms with Gasteiger partial charge in [-0.15, -0.1) is 0 Å². The van der Waals surface area contributed by atoms with Crippen LogP contribution in [0.4, 0.5) is 0 Å². The lowest BCUT2D eigenvalue weighted by atomic mass is 9.89. The number of phenolic OH excluding ortho intramolecular Hbond substituents is 1. The zero-order valence-corrected chi connectivity index (χ0v) is 13.5. The van der Waals surface area contributed by atoms with Crippen LogP contribution in [0.3, 0.4) is 0 Å². The molecule has 1 aromatic rings. The van der Waals surface area contributed by atoms with Crippen molar-refractivity contribution in [2.75, 3.05) is 14.2 Å². The molecule has 8 heteroatoms. The molecule has 22 heavy (non-hydrogen) atoms. The molecule has 0 saturated carbocycles. The van der Waals surface area contributed by atoms with E-state index < -0.39 is 17.9 Å². The molecule has 6 nitrogen and oxygen atoms in total. The lowest BCUT2D eigenvalue weighted by molar-refractivity contribution is -0.145. The number of nitrogens with one attached hydrogen (secondary N) is 2. The molecule has 0 bridgehead atoms. The van der Waals surface area contributed by atoms with E-state index in [1.807, 2.05) is 0 Å². The molecule has 1 heterocycles. The summed E-state index contributed by atoms with van der Waals surface area (Å²) in [5, 5.41) is 16.1. The van der Waals surface area contributed by atoms with Gasteiger partial charge in [0.2, 0.25) is 0 Å². The summed E-state index contributed by atoms with van der Waals surface area (Å²) in [5.74, 6) is -1.15. The van der Waals surface area contributed by atoms with Crippen molar-refractivity contribution in [2.24, 2.45) is 5.92 Å². The number of benzene rings is 1. The van der Waals surface area contributed by atoms with E-state index in [4.69, 9.17) is 33.3 Å². The van der Waals surface area contributed by atoms with Gasteiger partial charge < -0.3 is 25.2 Å². The second-order valence-electron chi connectivity index (χ2n) is 4.66. The van der Waals surface area contributed by atoms with E-state index in [0.29, 0.717) is 16.4 Å². The highest BCUT2D eigenvalue weighted by Crippen LogP contribution is 2.39. The molecule has 1 saturated heterocycles. The van der Waals surface area contributed by atoms with Gasteiger partial charge in [0.1, 0.15) is 5.92 Å². The molecule has 2 rings (SSSR count). The average molecular weight is 343 g/mol. The Labute approximate surface area is 138 Å². The molecule has 118 valence electrons. The van der Waals surface area contributed by atoms with E-state index in [-0.39, 0.29) is 16.5 Å². The Hall–Kier alpha value is -1.99. The molecule has 0 radical (unpaired) electrons. The first-order chi connectivity index (χ1) is 10.4. The summed E-state index contributed by atoms with van der Waals surface area (Å²) < 4.78 is 9.90. The third kappa shape index (κ3) is 2.95. The van der Waals surface area contributed by atoms with Crippen molar-refractivity contribution in [3.8, 4) is 11.5 Å². The Morgan fingerprint density at radius 3 is 2.73 bits per heavy atom. The number of phenols is 1. The number of halogens is 1. The van der Waals surface area contributed by atoms with E-state index in [9.17, 15) is 9.90 Å². The van der Waals surface area contributed by atoms with Gasteiger partial charge in [-0.1, -0.05) is 18.2 Å².